The van der Waals surface area contributed by atoms with E-state index in [2.05, 4.69) is 50.1 Å². The van der Waals surface area contributed by atoms with Crippen molar-refractivity contribution in [2.24, 2.45) is 7.05 Å². The number of hydrogen-bond acceptors (Lipinski definition) is 2. The van der Waals surface area contributed by atoms with E-state index in [1.165, 1.54) is 11.1 Å². The summed E-state index contributed by atoms with van der Waals surface area (Å²) >= 11 is 0. The van der Waals surface area contributed by atoms with Crippen molar-refractivity contribution in [1.82, 2.24) is 9.78 Å². The fourth-order valence-electron chi connectivity index (χ4n) is 2.34. The van der Waals surface area contributed by atoms with E-state index in [1.54, 1.807) is 4.68 Å². The van der Waals surface area contributed by atoms with Crippen molar-refractivity contribution >= 4 is 5.82 Å². The Bertz CT molecular complexity index is 550. The predicted molar refractivity (Wildman–Crippen MR) is 81.1 cm³/mol. The van der Waals surface area contributed by atoms with E-state index in [0.29, 0.717) is 5.92 Å². The number of nitrogens with two attached hydrogens (primary N) is 1. The quantitative estimate of drug-likeness (QED) is 0.906. The van der Waals surface area contributed by atoms with Crippen LogP contribution < -0.4 is 5.73 Å². The van der Waals surface area contributed by atoms with Gasteiger partial charge in [-0.2, -0.15) is 5.10 Å². The summed E-state index contributed by atoms with van der Waals surface area (Å²) in [5.41, 5.74) is 10.8. The summed E-state index contributed by atoms with van der Waals surface area (Å²) in [4.78, 5) is 0. The van der Waals surface area contributed by atoms with Gasteiger partial charge in [-0.05, 0) is 17.9 Å². The highest BCUT2D eigenvalue weighted by Crippen LogP contribution is 2.29. The molecule has 0 aliphatic heterocycles. The van der Waals surface area contributed by atoms with Crippen LogP contribution >= 0.6 is 0 Å². The Hall–Kier alpha value is -1.77. The minimum Gasteiger partial charge on any atom is -0.384 e. The number of benzene rings is 1. The van der Waals surface area contributed by atoms with E-state index >= 15 is 0 Å². The highest BCUT2D eigenvalue weighted by molar-refractivity contribution is 5.68. The second kappa shape index (κ2) is 5.47. The van der Waals surface area contributed by atoms with Crippen LogP contribution in [0.25, 0.3) is 11.3 Å². The van der Waals surface area contributed by atoms with E-state index < -0.39 is 0 Å². The molecule has 0 aliphatic rings. The molecule has 0 aliphatic carbocycles. The zero-order valence-corrected chi connectivity index (χ0v) is 12.3. The van der Waals surface area contributed by atoms with E-state index in [-0.39, 0.29) is 0 Å². The van der Waals surface area contributed by atoms with Gasteiger partial charge in [-0.1, -0.05) is 51.5 Å². The van der Waals surface area contributed by atoms with Crippen LogP contribution in [0.3, 0.4) is 0 Å². The third-order valence-electron chi connectivity index (χ3n) is 3.54. The van der Waals surface area contributed by atoms with Gasteiger partial charge in [0.2, 0.25) is 0 Å². The number of nitrogen functional groups attached to an aromatic ring is 1. The van der Waals surface area contributed by atoms with Gasteiger partial charge in [0.05, 0.1) is 5.69 Å². The molecule has 102 valence electrons. The molecule has 1 heterocycles. The van der Waals surface area contributed by atoms with Crippen LogP contribution in [0.4, 0.5) is 5.82 Å². The smallest absolute Gasteiger partial charge is 0.125 e. The van der Waals surface area contributed by atoms with Crippen molar-refractivity contribution in [3.63, 3.8) is 0 Å². The molecule has 2 N–H and O–H groups in total. The Morgan fingerprint density at radius 2 is 1.84 bits per heavy atom. The van der Waals surface area contributed by atoms with Gasteiger partial charge >= 0.3 is 0 Å². The normalized spacial score (nSPS) is 11.2. The lowest BCUT2D eigenvalue weighted by Crippen LogP contribution is -1.99. The van der Waals surface area contributed by atoms with Gasteiger partial charge in [0.15, 0.2) is 0 Å². The first-order valence-corrected chi connectivity index (χ1v) is 6.96. The Morgan fingerprint density at radius 3 is 2.37 bits per heavy atom. The molecule has 3 heteroatoms. The monoisotopic (exact) mass is 257 g/mol. The maximum atomic E-state index is 6.11. The van der Waals surface area contributed by atoms with E-state index in [0.717, 1.165) is 29.9 Å². The first kappa shape index (κ1) is 13.7. The van der Waals surface area contributed by atoms with Crippen LogP contribution in [0.5, 0.6) is 0 Å². The van der Waals surface area contributed by atoms with Crippen LogP contribution in [0.1, 0.15) is 44.2 Å². The molecule has 0 atom stereocenters. The second-order valence-electron chi connectivity index (χ2n) is 5.36. The summed E-state index contributed by atoms with van der Waals surface area (Å²) in [5, 5.41) is 4.57. The van der Waals surface area contributed by atoms with Gasteiger partial charge in [0.25, 0.3) is 0 Å². The first-order valence-electron chi connectivity index (χ1n) is 6.96. The summed E-state index contributed by atoms with van der Waals surface area (Å²) in [6, 6.07) is 8.66. The molecule has 0 saturated carbocycles. The molecule has 0 unspecified atom stereocenters. The van der Waals surface area contributed by atoms with Gasteiger partial charge in [0.1, 0.15) is 5.82 Å². The van der Waals surface area contributed by atoms with Crippen LogP contribution in [0.15, 0.2) is 24.3 Å². The van der Waals surface area contributed by atoms with Crippen molar-refractivity contribution in [3.05, 3.63) is 35.4 Å². The highest BCUT2D eigenvalue weighted by Gasteiger charge is 2.14. The molecular weight excluding hydrogens is 234 g/mol. The predicted octanol–water partition coefficient (Wildman–Crippen LogP) is 3.75. The van der Waals surface area contributed by atoms with Crippen molar-refractivity contribution in [3.8, 4) is 11.3 Å². The Morgan fingerprint density at radius 1 is 1.21 bits per heavy atom. The molecule has 1 aromatic carbocycles. The van der Waals surface area contributed by atoms with Crippen molar-refractivity contribution in [2.75, 3.05) is 5.73 Å². The molecule has 0 radical (unpaired) electrons. The van der Waals surface area contributed by atoms with Gasteiger partial charge in [0, 0.05) is 18.2 Å². The fourth-order valence-corrected chi connectivity index (χ4v) is 2.34. The lowest BCUT2D eigenvalue weighted by Gasteiger charge is -2.07. The molecule has 2 rings (SSSR count). The number of aromatic nitrogens is 2. The molecule has 0 amide bonds. The highest BCUT2D eigenvalue weighted by atomic mass is 15.3. The van der Waals surface area contributed by atoms with Gasteiger partial charge in [-0.15, -0.1) is 0 Å². The third-order valence-corrected chi connectivity index (χ3v) is 3.54. The maximum absolute atomic E-state index is 6.11. The molecule has 2 aromatic rings. The molecule has 19 heavy (non-hydrogen) atoms. The Labute approximate surface area is 115 Å². The topological polar surface area (TPSA) is 43.8 Å². The number of rotatable bonds is 4. The first-order chi connectivity index (χ1) is 9.04. The van der Waals surface area contributed by atoms with Gasteiger partial charge < -0.3 is 5.73 Å². The Balaban J connectivity index is 2.43. The van der Waals surface area contributed by atoms with Crippen LogP contribution in [-0.4, -0.2) is 9.78 Å². The summed E-state index contributed by atoms with van der Waals surface area (Å²) in [5.74, 6) is 1.34. The van der Waals surface area contributed by atoms with Crippen LogP contribution in [0.2, 0.25) is 0 Å². The summed E-state index contributed by atoms with van der Waals surface area (Å²) in [7, 11) is 1.90. The molecule has 3 nitrogen and oxygen atoms in total. The Kier molecular flexibility index (Phi) is 3.93. The van der Waals surface area contributed by atoms with Gasteiger partial charge in [-0.3, -0.25) is 4.68 Å². The summed E-state index contributed by atoms with van der Waals surface area (Å²) < 4.78 is 1.77. The average molecular weight is 257 g/mol. The lowest BCUT2D eigenvalue weighted by molar-refractivity contribution is 0.781. The SMILES string of the molecule is CCCc1c(-c2ccc(C(C)C)cc2)nn(C)c1N. The van der Waals surface area contributed by atoms with Crippen LogP contribution in [-0.2, 0) is 13.5 Å². The summed E-state index contributed by atoms with van der Waals surface area (Å²) in [6.45, 7) is 6.57. The number of hydrogen-bond donors (Lipinski definition) is 1. The third kappa shape index (κ3) is 2.65. The molecule has 0 spiro atoms. The molecule has 0 bridgehead atoms. The fraction of sp³-hybridized carbons (Fsp3) is 0.438. The van der Waals surface area contributed by atoms with Crippen molar-refractivity contribution in [1.29, 1.82) is 0 Å². The van der Waals surface area contributed by atoms with Gasteiger partial charge in [-0.25, -0.2) is 0 Å². The minimum atomic E-state index is 0.554. The number of aryl methyl sites for hydroxylation is 1. The maximum Gasteiger partial charge on any atom is 0.125 e. The molecule has 1 aromatic heterocycles. The second-order valence-corrected chi connectivity index (χ2v) is 5.36. The summed E-state index contributed by atoms with van der Waals surface area (Å²) in [6.07, 6.45) is 2.05. The standard InChI is InChI=1S/C16H23N3/c1-5-6-14-15(18-19(4)16(14)17)13-9-7-12(8-10-13)11(2)3/h7-11H,5-6,17H2,1-4H3. The molecular formula is C16H23N3. The van der Waals surface area contributed by atoms with Crippen molar-refractivity contribution < 1.29 is 0 Å². The number of anilines is 1. The van der Waals surface area contributed by atoms with E-state index in [4.69, 9.17) is 5.73 Å². The zero-order valence-electron chi connectivity index (χ0n) is 12.3. The van der Waals surface area contributed by atoms with E-state index in [9.17, 15) is 0 Å². The zero-order chi connectivity index (χ0) is 14.0. The minimum absolute atomic E-state index is 0.554. The largest absolute Gasteiger partial charge is 0.384 e. The number of nitrogens with zero attached hydrogens (tertiary/aromatic N) is 2. The molecule has 0 saturated heterocycles. The average Bonchev–Trinajstić information content (AvgIpc) is 2.68. The molecule has 0 fully saturated rings. The van der Waals surface area contributed by atoms with E-state index in [1.807, 2.05) is 7.05 Å². The lowest BCUT2D eigenvalue weighted by atomic mass is 9.99. The van der Waals surface area contributed by atoms with Crippen molar-refractivity contribution in [2.45, 2.75) is 39.5 Å². The van der Waals surface area contributed by atoms with Crippen LogP contribution in [0, 0.1) is 0 Å².